The highest BCUT2D eigenvalue weighted by atomic mass is 127. The summed E-state index contributed by atoms with van der Waals surface area (Å²) in [6, 6.07) is 16.8. The van der Waals surface area contributed by atoms with Crippen LogP contribution < -0.4 is 16.0 Å². The van der Waals surface area contributed by atoms with Crippen LogP contribution in [0.15, 0.2) is 64.1 Å². The highest BCUT2D eigenvalue weighted by molar-refractivity contribution is 14.0. The summed E-state index contributed by atoms with van der Waals surface area (Å²) in [5.74, 6) is 0.558. The number of amides is 1. The van der Waals surface area contributed by atoms with Crippen LogP contribution in [0.2, 0.25) is 0 Å². The summed E-state index contributed by atoms with van der Waals surface area (Å²) in [6.45, 7) is 4.25. The van der Waals surface area contributed by atoms with Gasteiger partial charge >= 0.3 is 0 Å². The quantitative estimate of drug-likeness (QED) is 0.160. The van der Waals surface area contributed by atoms with Gasteiger partial charge in [-0.1, -0.05) is 46.3 Å². The predicted molar refractivity (Wildman–Crippen MR) is 132 cm³/mol. The van der Waals surface area contributed by atoms with E-state index in [1.165, 1.54) is 0 Å². The third kappa shape index (κ3) is 9.60. The number of carbonyl (C=O) groups is 1. The van der Waals surface area contributed by atoms with Crippen LogP contribution in [0.4, 0.5) is 0 Å². The summed E-state index contributed by atoms with van der Waals surface area (Å²) in [7, 11) is 0. The lowest BCUT2D eigenvalue weighted by molar-refractivity contribution is 0.0954. The van der Waals surface area contributed by atoms with Gasteiger partial charge in [-0.25, -0.2) is 0 Å². The minimum absolute atomic E-state index is 0. The second-order valence-electron chi connectivity index (χ2n) is 6.17. The van der Waals surface area contributed by atoms with Gasteiger partial charge in [-0.2, -0.15) is 0 Å². The Hall–Kier alpha value is -1.65. The fourth-order valence-corrected chi connectivity index (χ4v) is 2.81. The van der Waals surface area contributed by atoms with E-state index in [4.69, 9.17) is 0 Å². The summed E-state index contributed by atoms with van der Waals surface area (Å²) in [5, 5.41) is 19.4. The van der Waals surface area contributed by atoms with Crippen molar-refractivity contribution in [1.29, 1.82) is 0 Å². The maximum absolute atomic E-state index is 12.1. The molecule has 2 rings (SSSR count). The van der Waals surface area contributed by atoms with Crippen LogP contribution in [0.3, 0.4) is 0 Å². The van der Waals surface area contributed by atoms with Crippen LogP contribution in [-0.4, -0.2) is 43.2 Å². The Morgan fingerprint density at radius 2 is 1.69 bits per heavy atom. The second-order valence-corrected chi connectivity index (χ2v) is 7.08. The number of rotatable bonds is 9. The molecular formula is C21H28BrIN4O2. The van der Waals surface area contributed by atoms with Gasteiger partial charge < -0.3 is 21.1 Å². The molecule has 1 unspecified atom stereocenters. The van der Waals surface area contributed by atoms with Gasteiger partial charge in [0.2, 0.25) is 0 Å². The molecule has 0 aliphatic carbocycles. The van der Waals surface area contributed by atoms with E-state index >= 15 is 0 Å². The van der Waals surface area contributed by atoms with Gasteiger partial charge in [0.05, 0.1) is 6.10 Å². The van der Waals surface area contributed by atoms with Crippen molar-refractivity contribution in [2.45, 2.75) is 19.4 Å². The summed E-state index contributed by atoms with van der Waals surface area (Å²) in [4.78, 5) is 16.6. The topological polar surface area (TPSA) is 85.8 Å². The van der Waals surface area contributed by atoms with Gasteiger partial charge in [0.25, 0.3) is 5.91 Å². The number of aliphatic hydroxyl groups excluding tert-OH is 1. The molecule has 2 aromatic carbocycles. The molecule has 0 fully saturated rings. The molecule has 2 aromatic rings. The van der Waals surface area contributed by atoms with Crippen LogP contribution in [0.25, 0.3) is 0 Å². The zero-order chi connectivity index (χ0) is 20.2. The molecule has 29 heavy (non-hydrogen) atoms. The average Bonchev–Trinajstić information content (AvgIpc) is 2.72. The third-order valence-electron chi connectivity index (χ3n) is 4.01. The average molecular weight is 575 g/mol. The van der Waals surface area contributed by atoms with Gasteiger partial charge in [-0.05, 0) is 43.2 Å². The first-order chi connectivity index (χ1) is 13.6. The number of hydrogen-bond donors (Lipinski definition) is 4. The summed E-state index contributed by atoms with van der Waals surface area (Å²) < 4.78 is 0.939. The van der Waals surface area contributed by atoms with Crippen molar-refractivity contribution in [3.8, 4) is 0 Å². The van der Waals surface area contributed by atoms with E-state index < -0.39 is 6.10 Å². The fourth-order valence-electron chi connectivity index (χ4n) is 2.54. The molecule has 0 aromatic heterocycles. The lowest BCUT2D eigenvalue weighted by atomic mass is 10.1. The number of halogens is 2. The Morgan fingerprint density at radius 1 is 1.03 bits per heavy atom. The minimum atomic E-state index is -0.530. The number of aliphatic imine (C=N–C) groups is 1. The minimum Gasteiger partial charge on any atom is -0.388 e. The van der Waals surface area contributed by atoms with E-state index in [9.17, 15) is 9.90 Å². The molecule has 0 saturated heterocycles. The normalized spacial score (nSPS) is 11.9. The van der Waals surface area contributed by atoms with Crippen molar-refractivity contribution in [2.24, 2.45) is 4.99 Å². The van der Waals surface area contributed by atoms with Gasteiger partial charge in [-0.3, -0.25) is 9.79 Å². The standard InChI is InChI=1S/C21H27BrN4O2.HI/c1-2-23-21(25-13-12-19(27)16-6-4-3-5-7-16)26-15-14-24-20(28)17-8-10-18(22)11-9-17;/h3-11,19,27H,2,12-15H2,1H3,(H,24,28)(H2,23,25,26);1H. The molecule has 0 aliphatic heterocycles. The van der Waals surface area contributed by atoms with Crippen molar-refractivity contribution >= 4 is 51.8 Å². The Labute approximate surface area is 197 Å². The first kappa shape index (κ1) is 25.4. The molecule has 0 radical (unpaired) electrons. The Bertz CT molecular complexity index is 757. The molecule has 4 N–H and O–H groups in total. The molecule has 0 spiro atoms. The molecule has 1 amide bonds. The summed E-state index contributed by atoms with van der Waals surface area (Å²) in [6.07, 6.45) is 0.0129. The summed E-state index contributed by atoms with van der Waals surface area (Å²) >= 11 is 3.35. The highest BCUT2D eigenvalue weighted by Gasteiger charge is 2.07. The lowest BCUT2D eigenvalue weighted by Gasteiger charge is -2.13. The van der Waals surface area contributed by atoms with E-state index in [0.29, 0.717) is 37.6 Å². The molecule has 6 nitrogen and oxygen atoms in total. The molecule has 1 atom stereocenters. The Kier molecular flexibility index (Phi) is 12.6. The van der Waals surface area contributed by atoms with Crippen molar-refractivity contribution in [1.82, 2.24) is 16.0 Å². The SMILES string of the molecule is CCNC(=NCCC(O)c1ccccc1)NCCNC(=O)c1ccc(Br)cc1.I. The zero-order valence-electron chi connectivity index (χ0n) is 16.4. The number of hydrogen-bond acceptors (Lipinski definition) is 3. The summed E-state index contributed by atoms with van der Waals surface area (Å²) in [5.41, 5.74) is 1.52. The number of benzene rings is 2. The van der Waals surface area contributed by atoms with Gasteiger partial charge in [0.15, 0.2) is 5.96 Å². The first-order valence-corrected chi connectivity index (χ1v) is 10.2. The number of guanidine groups is 1. The van der Waals surface area contributed by atoms with Crippen molar-refractivity contribution < 1.29 is 9.90 Å². The molecule has 0 bridgehead atoms. The van der Waals surface area contributed by atoms with E-state index in [2.05, 4.69) is 36.9 Å². The third-order valence-corrected chi connectivity index (χ3v) is 4.54. The van der Waals surface area contributed by atoms with Crippen LogP contribution in [0.5, 0.6) is 0 Å². The molecule has 0 heterocycles. The number of aliphatic hydroxyl groups is 1. The molecule has 158 valence electrons. The molecule has 0 saturated carbocycles. The number of nitrogens with one attached hydrogen (secondary N) is 3. The van der Waals surface area contributed by atoms with Gasteiger partial charge in [-0.15, -0.1) is 24.0 Å². The monoisotopic (exact) mass is 574 g/mol. The lowest BCUT2D eigenvalue weighted by Crippen LogP contribution is -2.41. The maximum Gasteiger partial charge on any atom is 0.251 e. The van der Waals surface area contributed by atoms with Crippen molar-refractivity contribution in [2.75, 3.05) is 26.2 Å². The largest absolute Gasteiger partial charge is 0.388 e. The highest BCUT2D eigenvalue weighted by Crippen LogP contribution is 2.15. The van der Waals surface area contributed by atoms with Crippen molar-refractivity contribution in [3.63, 3.8) is 0 Å². The Morgan fingerprint density at radius 3 is 2.34 bits per heavy atom. The fraction of sp³-hybridized carbons (Fsp3) is 0.333. The zero-order valence-corrected chi connectivity index (χ0v) is 20.3. The second kappa shape index (κ2) is 14.4. The van der Waals surface area contributed by atoms with Crippen LogP contribution >= 0.6 is 39.9 Å². The van der Waals surface area contributed by atoms with Crippen LogP contribution in [0, 0.1) is 0 Å². The van der Waals surface area contributed by atoms with E-state index in [0.717, 1.165) is 16.6 Å². The van der Waals surface area contributed by atoms with Crippen LogP contribution in [0.1, 0.15) is 35.4 Å². The van der Waals surface area contributed by atoms with Gasteiger partial charge in [0.1, 0.15) is 0 Å². The number of nitrogens with zero attached hydrogens (tertiary/aromatic N) is 1. The molecule has 0 aliphatic rings. The van der Waals surface area contributed by atoms with E-state index in [1.54, 1.807) is 12.1 Å². The first-order valence-electron chi connectivity index (χ1n) is 9.39. The Balaban J connectivity index is 0.00000420. The van der Waals surface area contributed by atoms with Gasteiger partial charge in [0, 0.05) is 36.2 Å². The molecule has 8 heteroatoms. The number of carbonyl (C=O) groups excluding carboxylic acids is 1. The van der Waals surface area contributed by atoms with Crippen molar-refractivity contribution in [3.05, 3.63) is 70.2 Å². The van der Waals surface area contributed by atoms with E-state index in [1.807, 2.05) is 49.4 Å². The van der Waals surface area contributed by atoms with Crippen LogP contribution in [-0.2, 0) is 0 Å². The predicted octanol–water partition coefficient (Wildman–Crippen LogP) is 3.48. The molecular weight excluding hydrogens is 547 g/mol. The maximum atomic E-state index is 12.1. The smallest absolute Gasteiger partial charge is 0.251 e. The van der Waals surface area contributed by atoms with E-state index in [-0.39, 0.29) is 29.9 Å².